The molecule has 1 aromatic heterocycles. The average Bonchev–Trinajstić information content (AvgIpc) is 2.49. The van der Waals surface area contributed by atoms with Crippen LogP contribution < -0.4 is 5.73 Å². The molecule has 0 saturated heterocycles. The van der Waals surface area contributed by atoms with Gasteiger partial charge in [0, 0.05) is 6.42 Å². The molecule has 0 fully saturated rings. The summed E-state index contributed by atoms with van der Waals surface area (Å²) in [5.74, 6) is 0.468. The van der Waals surface area contributed by atoms with Gasteiger partial charge in [0.25, 0.3) is 0 Å². The predicted octanol–water partition coefficient (Wildman–Crippen LogP) is 1.78. The molecule has 0 amide bonds. The fourth-order valence-corrected chi connectivity index (χ4v) is 1.39. The van der Waals surface area contributed by atoms with E-state index in [0.717, 1.165) is 10.6 Å². The topological polar surface area (TPSA) is 76.2 Å². The molecule has 0 aliphatic rings. The first-order chi connectivity index (χ1) is 6.90. The Labute approximate surface area is 94.3 Å². The number of carbonyl (C=O) groups excluding carboxylic acids is 1. The van der Waals surface area contributed by atoms with Crippen LogP contribution in [0.4, 0.5) is 0 Å². The maximum absolute atomic E-state index is 10.4. The molecule has 1 unspecified atom stereocenters. The number of nitrogens with two attached hydrogens (primary N) is 1. The molecule has 0 aromatic carbocycles. The third-order valence-electron chi connectivity index (χ3n) is 1.85. The van der Waals surface area contributed by atoms with Crippen LogP contribution in [0.5, 0.6) is 5.75 Å². The zero-order chi connectivity index (χ0) is 12.0. The van der Waals surface area contributed by atoms with Gasteiger partial charge in [-0.25, -0.2) is 0 Å². The highest BCUT2D eigenvalue weighted by Crippen LogP contribution is 2.22. The molecule has 15 heavy (non-hydrogen) atoms. The summed E-state index contributed by atoms with van der Waals surface area (Å²) in [6.45, 7) is 7.15. The van der Waals surface area contributed by atoms with Gasteiger partial charge in [0.2, 0.25) is 0 Å². The molecule has 1 heterocycles. The molecule has 0 radical (unpaired) electrons. The molecule has 0 saturated carbocycles. The molecule has 1 aromatic rings. The SMILES string of the molecule is CCC(=O)C(C)N.Cc1nsc(C)c1O. The van der Waals surface area contributed by atoms with Gasteiger partial charge in [-0.3, -0.25) is 4.79 Å². The van der Waals surface area contributed by atoms with E-state index in [-0.39, 0.29) is 11.8 Å². The smallest absolute Gasteiger partial charge is 0.152 e. The maximum Gasteiger partial charge on any atom is 0.152 e. The lowest BCUT2D eigenvalue weighted by Gasteiger charge is -1.96. The number of hydrogen-bond acceptors (Lipinski definition) is 5. The van der Waals surface area contributed by atoms with Gasteiger partial charge in [0.05, 0.1) is 16.6 Å². The molecule has 4 nitrogen and oxygen atoms in total. The molecule has 0 spiro atoms. The summed E-state index contributed by atoms with van der Waals surface area (Å²) >= 11 is 1.33. The summed E-state index contributed by atoms with van der Waals surface area (Å²) < 4.78 is 3.91. The fourth-order valence-electron chi connectivity index (χ4n) is 0.800. The van der Waals surface area contributed by atoms with Crippen LogP contribution in [-0.4, -0.2) is 21.3 Å². The summed E-state index contributed by atoms with van der Waals surface area (Å²) in [6, 6.07) is -0.273. The molecule has 5 heteroatoms. The quantitative estimate of drug-likeness (QED) is 0.812. The number of rotatable bonds is 2. The van der Waals surface area contributed by atoms with Crippen molar-refractivity contribution < 1.29 is 9.90 Å². The molecule has 1 atom stereocenters. The number of aromatic hydroxyl groups is 1. The Hall–Kier alpha value is -0.940. The number of nitrogens with zero attached hydrogens (tertiary/aromatic N) is 1. The van der Waals surface area contributed by atoms with Gasteiger partial charge in [-0.05, 0) is 32.3 Å². The lowest BCUT2D eigenvalue weighted by Crippen LogP contribution is -2.25. The van der Waals surface area contributed by atoms with E-state index in [4.69, 9.17) is 10.8 Å². The van der Waals surface area contributed by atoms with Crippen LogP contribution >= 0.6 is 11.5 Å². The van der Waals surface area contributed by atoms with E-state index in [1.54, 1.807) is 13.8 Å². The van der Waals surface area contributed by atoms with Gasteiger partial charge in [-0.2, -0.15) is 4.37 Å². The summed E-state index contributed by atoms with van der Waals surface area (Å²) in [7, 11) is 0. The zero-order valence-electron chi connectivity index (χ0n) is 9.57. The maximum atomic E-state index is 10.4. The highest BCUT2D eigenvalue weighted by molar-refractivity contribution is 7.06. The summed E-state index contributed by atoms with van der Waals surface area (Å²) in [5.41, 5.74) is 5.93. The van der Waals surface area contributed by atoms with Crippen molar-refractivity contribution in [3.05, 3.63) is 10.6 Å². The van der Waals surface area contributed by atoms with E-state index in [2.05, 4.69) is 4.37 Å². The minimum atomic E-state index is -0.273. The van der Waals surface area contributed by atoms with Crippen LogP contribution in [0, 0.1) is 13.8 Å². The Kier molecular flexibility index (Phi) is 6.12. The number of aryl methyl sites for hydroxylation is 2. The summed E-state index contributed by atoms with van der Waals surface area (Å²) in [6.07, 6.45) is 0.553. The summed E-state index contributed by atoms with van der Waals surface area (Å²) in [5, 5.41) is 8.99. The van der Waals surface area contributed by atoms with E-state index in [0.29, 0.717) is 12.2 Å². The molecule has 86 valence electrons. The number of ketones is 1. The van der Waals surface area contributed by atoms with Gasteiger partial charge >= 0.3 is 0 Å². The molecule has 1 rings (SSSR count). The highest BCUT2D eigenvalue weighted by Gasteiger charge is 2.01. The van der Waals surface area contributed by atoms with Crippen molar-refractivity contribution in [1.29, 1.82) is 0 Å². The van der Waals surface area contributed by atoms with Gasteiger partial charge in [0.1, 0.15) is 5.78 Å². The van der Waals surface area contributed by atoms with E-state index >= 15 is 0 Å². The van der Waals surface area contributed by atoms with Crippen molar-refractivity contribution in [1.82, 2.24) is 4.37 Å². The number of Topliss-reactive ketones (excluding diaryl/α,β-unsaturated/α-hetero) is 1. The van der Waals surface area contributed by atoms with Crippen molar-refractivity contribution in [2.45, 2.75) is 40.2 Å². The Morgan fingerprint density at radius 3 is 2.20 bits per heavy atom. The van der Waals surface area contributed by atoms with Crippen molar-refractivity contribution >= 4 is 17.3 Å². The number of hydrogen-bond donors (Lipinski definition) is 2. The molecular weight excluding hydrogens is 212 g/mol. The van der Waals surface area contributed by atoms with Crippen LogP contribution in [0.1, 0.15) is 30.8 Å². The zero-order valence-corrected chi connectivity index (χ0v) is 10.4. The Balaban J connectivity index is 0.000000265. The fraction of sp³-hybridized carbons (Fsp3) is 0.600. The van der Waals surface area contributed by atoms with Crippen LogP contribution in [0.3, 0.4) is 0 Å². The predicted molar refractivity (Wildman–Crippen MR) is 62.2 cm³/mol. The first-order valence-corrected chi connectivity index (χ1v) is 5.57. The second-order valence-corrected chi connectivity index (χ2v) is 4.26. The van der Waals surface area contributed by atoms with Gasteiger partial charge in [0.15, 0.2) is 5.75 Å². The number of aromatic nitrogens is 1. The summed E-state index contributed by atoms with van der Waals surface area (Å²) in [4.78, 5) is 11.3. The average molecular weight is 230 g/mol. The van der Waals surface area contributed by atoms with Crippen molar-refractivity contribution in [3.8, 4) is 5.75 Å². The van der Waals surface area contributed by atoms with Gasteiger partial charge in [-0.15, -0.1) is 0 Å². The molecule has 3 N–H and O–H groups in total. The Morgan fingerprint density at radius 1 is 1.60 bits per heavy atom. The van der Waals surface area contributed by atoms with Crippen LogP contribution in [-0.2, 0) is 4.79 Å². The first kappa shape index (κ1) is 14.1. The normalized spacial score (nSPS) is 11.5. The minimum Gasteiger partial charge on any atom is -0.505 e. The molecule has 0 aliphatic heterocycles. The Bertz CT molecular complexity index is 302. The third kappa shape index (κ3) is 4.90. The second-order valence-electron chi connectivity index (χ2n) is 3.28. The monoisotopic (exact) mass is 230 g/mol. The minimum absolute atomic E-state index is 0.125. The van der Waals surface area contributed by atoms with Crippen molar-refractivity contribution in [3.63, 3.8) is 0 Å². The van der Waals surface area contributed by atoms with Crippen molar-refractivity contribution in [2.24, 2.45) is 5.73 Å². The Morgan fingerprint density at radius 2 is 2.13 bits per heavy atom. The highest BCUT2D eigenvalue weighted by atomic mass is 32.1. The largest absolute Gasteiger partial charge is 0.505 e. The van der Waals surface area contributed by atoms with Crippen LogP contribution in [0.25, 0.3) is 0 Å². The van der Waals surface area contributed by atoms with Crippen LogP contribution in [0.2, 0.25) is 0 Å². The molecular formula is C10H18N2O2S. The van der Waals surface area contributed by atoms with Crippen molar-refractivity contribution in [2.75, 3.05) is 0 Å². The van der Waals surface area contributed by atoms with Gasteiger partial charge in [-0.1, -0.05) is 6.92 Å². The first-order valence-electron chi connectivity index (χ1n) is 4.80. The third-order valence-corrected chi connectivity index (χ3v) is 2.68. The lowest BCUT2D eigenvalue weighted by atomic mass is 10.2. The molecule has 0 aliphatic carbocycles. The van der Waals surface area contributed by atoms with E-state index < -0.39 is 0 Å². The molecule has 0 bridgehead atoms. The number of carbonyl (C=O) groups is 1. The lowest BCUT2D eigenvalue weighted by molar-refractivity contribution is -0.119. The van der Waals surface area contributed by atoms with E-state index in [9.17, 15) is 4.79 Å². The van der Waals surface area contributed by atoms with E-state index in [1.807, 2.05) is 13.8 Å². The van der Waals surface area contributed by atoms with Crippen LogP contribution in [0.15, 0.2) is 0 Å². The van der Waals surface area contributed by atoms with Gasteiger partial charge < -0.3 is 10.8 Å². The second kappa shape index (κ2) is 6.53. The van der Waals surface area contributed by atoms with E-state index in [1.165, 1.54) is 11.5 Å². The standard InChI is InChI=1S/C5H7NOS.C5H11NO/c1-3-5(7)4(2)8-6-3;1-3-5(7)4(2)6/h7H,1-2H3;4H,3,6H2,1-2H3.